The maximum Gasteiger partial charge on any atom is 0.122 e. The molecule has 0 aromatic heterocycles. The van der Waals surface area contributed by atoms with Crippen LogP contribution in [0, 0.1) is 0 Å². The Balaban J connectivity index is 1.84. The predicted octanol–water partition coefficient (Wildman–Crippen LogP) is 2.89. The topological polar surface area (TPSA) is 49.7 Å². The molecule has 0 radical (unpaired) electrons. The van der Waals surface area contributed by atoms with Crippen LogP contribution in [-0.4, -0.2) is 57.4 Å². The summed E-state index contributed by atoms with van der Waals surface area (Å²) in [6.07, 6.45) is 3.61. The predicted molar refractivity (Wildman–Crippen MR) is 102 cm³/mol. The second kappa shape index (κ2) is 9.32. The Morgan fingerprint density at radius 3 is 1.40 bits per heavy atom. The maximum absolute atomic E-state index is 5.14. The van der Waals surface area contributed by atoms with Crippen molar-refractivity contribution >= 4 is 12.4 Å². The molecule has 0 amide bonds. The average Bonchev–Trinajstić information content (AvgIpc) is 2.65. The summed E-state index contributed by atoms with van der Waals surface area (Å²) in [7, 11) is 7.11. The summed E-state index contributed by atoms with van der Waals surface area (Å²) in [6, 6.07) is 15.5. The third-order valence-electron chi connectivity index (χ3n) is 3.45. The Morgan fingerprint density at radius 2 is 1.08 bits per heavy atom. The van der Waals surface area contributed by atoms with Gasteiger partial charge in [0.2, 0.25) is 0 Å². The van der Waals surface area contributed by atoms with Crippen molar-refractivity contribution in [3.63, 3.8) is 0 Å². The average molecular weight is 340 g/mol. The van der Waals surface area contributed by atoms with Gasteiger partial charge in [-0.2, -0.15) is 10.2 Å². The Labute approximate surface area is 149 Å². The first-order chi connectivity index (χ1) is 12.1. The van der Waals surface area contributed by atoms with Gasteiger partial charge in [-0.15, -0.1) is 0 Å². The molecule has 6 heteroatoms. The molecule has 0 N–H and O–H groups in total. The van der Waals surface area contributed by atoms with E-state index in [0.29, 0.717) is 6.67 Å². The number of ether oxygens (including phenoxy) is 2. The van der Waals surface area contributed by atoms with Gasteiger partial charge in [0, 0.05) is 14.1 Å². The van der Waals surface area contributed by atoms with Gasteiger partial charge >= 0.3 is 0 Å². The molecule has 2 rings (SSSR count). The third kappa shape index (κ3) is 6.18. The van der Waals surface area contributed by atoms with E-state index in [1.54, 1.807) is 26.6 Å². The summed E-state index contributed by atoms with van der Waals surface area (Å²) in [5.74, 6) is 1.66. The zero-order chi connectivity index (χ0) is 18.1. The van der Waals surface area contributed by atoms with E-state index in [0.717, 1.165) is 22.6 Å². The lowest BCUT2D eigenvalue weighted by Gasteiger charge is -2.19. The van der Waals surface area contributed by atoms with E-state index in [1.807, 2.05) is 72.6 Å². The molecular weight excluding hydrogens is 316 g/mol. The highest BCUT2D eigenvalue weighted by atomic mass is 16.5. The molecule has 0 spiro atoms. The van der Waals surface area contributed by atoms with Crippen LogP contribution in [0.15, 0.2) is 58.7 Å². The highest BCUT2D eigenvalue weighted by Crippen LogP contribution is 2.10. The monoisotopic (exact) mass is 340 g/mol. The van der Waals surface area contributed by atoms with Crippen molar-refractivity contribution in [2.45, 2.75) is 0 Å². The van der Waals surface area contributed by atoms with Crippen LogP contribution in [0.4, 0.5) is 0 Å². The molecule has 2 aromatic carbocycles. The van der Waals surface area contributed by atoms with E-state index in [9.17, 15) is 0 Å². The fourth-order valence-corrected chi connectivity index (χ4v) is 2.08. The van der Waals surface area contributed by atoms with Gasteiger partial charge in [-0.25, -0.2) is 0 Å². The van der Waals surface area contributed by atoms with E-state index in [4.69, 9.17) is 9.47 Å². The van der Waals surface area contributed by atoms with Crippen molar-refractivity contribution in [1.82, 2.24) is 10.0 Å². The largest absolute Gasteiger partial charge is 0.497 e. The van der Waals surface area contributed by atoms with E-state index < -0.39 is 0 Å². The van der Waals surface area contributed by atoms with Crippen LogP contribution < -0.4 is 9.47 Å². The van der Waals surface area contributed by atoms with Crippen LogP contribution in [0.25, 0.3) is 0 Å². The number of nitrogens with zero attached hydrogens (tertiary/aromatic N) is 4. The van der Waals surface area contributed by atoms with Gasteiger partial charge in [0.05, 0.1) is 26.6 Å². The van der Waals surface area contributed by atoms with Gasteiger partial charge < -0.3 is 9.47 Å². The van der Waals surface area contributed by atoms with E-state index in [-0.39, 0.29) is 0 Å². The van der Waals surface area contributed by atoms with Crippen LogP contribution in [0.1, 0.15) is 11.1 Å². The fourth-order valence-electron chi connectivity index (χ4n) is 2.08. The van der Waals surface area contributed by atoms with Crippen LogP contribution in [0.5, 0.6) is 11.5 Å². The summed E-state index contributed by atoms with van der Waals surface area (Å²) >= 11 is 0. The van der Waals surface area contributed by atoms with Crippen LogP contribution >= 0.6 is 0 Å². The van der Waals surface area contributed by atoms with Gasteiger partial charge in [-0.1, -0.05) is 0 Å². The molecule has 0 bridgehead atoms. The summed E-state index contributed by atoms with van der Waals surface area (Å²) in [4.78, 5) is 0. The molecule has 0 fully saturated rings. The zero-order valence-corrected chi connectivity index (χ0v) is 15.1. The number of hydrogen-bond acceptors (Lipinski definition) is 6. The fraction of sp³-hybridized carbons (Fsp3) is 0.263. The van der Waals surface area contributed by atoms with Gasteiger partial charge in [-0.3, -0.25) is 10.0 Å². The minimum absolute atomic E-state index is 0.569. The minimum atomic E-state index is 0.569. The maximum atomic E-state index is 5.14. The first-order valence-electron chi connectivity index (χ1n) is 7.89. The number of hydrazone groups is 2. The highest BCUT2D eigenvalue weighted by Gasteiger charge is 1.98. The Morgan fingerprint density at radius 1 is 0.720 bits per heavy atom. The zero-order valence-electron chi connectivity index (χ0n) is 15.1. The van der Waals surface area contributed by atoms with E-state index >= 15 is 0 Å². The van der Waals surface area contributed by atoms with E-state index in [2.05, 4.69) is 10.2 Å². The number of methoxy groups -OCH3 is 2. The van der Waals surface area contributed by atoms with Gasteiger partial charge in [0.1, 0.15) is 18.2 Å². The van der Waals surface area contributed by atoms with Crippen molar-refractivity contribution in [1.29, 1.82) is 0 Å². The molecular formula is C19H24N4O2. The number of rotatable bonds is 8. The molecule has 6 nitrogen and oxygen atoms in total. The second-order valence-electron chi connectivity index (χ2n) is 5.49. The molecule has 0 unspecified atom stereocenters. The second-order valence-corrected chi connectivity index (χ2v) is 5.49. The van der Waals surface area contributed by atoms with Crippen LogP contribution in [0.2, 0.25) is 0 Å². The van der Waals surface area contributed by atoms with Crippen molar-refractivity contribution in [2.24, 2.45) is 10.2 Å². The lowest BCUT2D eigenvalue weighted by molar-refractivity contribution is 0.196. The first-order valence-corrected chi connectivity index (χ1v) is 7.89. The molecule has 25 heavy (non-hydrogen) atoms. The standard InChI is InChI=1S/C19H24N4O2/c1-22(20-13-16-5-9-18(24-3)10-6-16)15-23(2)21-14-17-7-11-19(25-4)12-8-17/h5-14H,15H2,1-4H3. The molecule has 0 heterocycles. The normalized spacial score (nSPS) is 11.0. The molecule has 0 aliphatic rings. The summed E-state index contributed by atoms with van der Waals surface area (Å²) in [5, 5.41) is 12.4. The lowest BCUT2D eigenvalue weighted by Crippen LogP contribution is -2.26. The molecule has 0 atom stereocenters. The third-order valence-corrected chi connectivity index (χ3v) is 3.45. The highest BCUT2D eigenvalue weighted by molar-refractivity contribution is 5.80. The number of benzene rings is 2. The van der Waals surface area contributed by atoms with Gasteiger partial charge in [-0.05, 0) is 59.7 Å². The molecule has 0 saturated carbocycles. The quantitative estimate of drug-likeness (QED) is 0.421. The molecule has 132 valence electrons. The smallest absolute Gasteiger partial charge is 0.122 e. The minimum Gasteiger partial charge on any atom is -0.497 e. The molecule has 0 saturated heterocycles. The summed E-state index contributed by atoms with van der Waals surface area (Å²) in [5.41, 5.74) is 2.02. The Hall–Kier alpha value is -3.02. The Kier molecular flexibility index (Phi) is 6.83. The summed E-state index contributed by atoms with van der Waals surface area (Å²) < 4.78 is 10.3. The molecule has 0 aliphatic carbocycles. The first kappa shape index (κ1) is 18.3. The SMILES string of the molecule is COc1ccc(C=NN(C)CN(C)N=Cc2ccc(OC)cc2)cc1. The summed E-state index contributed by atoms with van der Waals surface area (Å²) in [6.45, 7) is 0.569. The number of hydrogen-bond donors (Lipinski definition) is 0. The lowest BCUT2D eigenvalue weighted by atomic mass is 10.2. The van der Waals surface area contributed by atoms with Crippen molar-refractivity contribution < 1.29 is 9.47 Å². The van der Waals surface area contributed by atoms with Crippen LogP contribution in [-0.2, 0) is 0 Å². The Bertz CT molecular complexity index is 635. The molecule has 2 aromatic rings. The van der Waals surface area contributed by atoms with Crippen molar-refractivity contribution in [2.75, 3.05) is 35.0 Å². The van der Waals surface area contributed by atoms with Gasteiger partial charge in [0.25, 0.3) is 0 Å². The van der Waals surface area contributed by atoms with Crippen molar-refractivity contribution in [3.05, 3.63) is 59.7 Å². The van der Waals surface area contributed by atoms with E-state index in [1.165, 1.54) is 0 Å². The molecule has 0 aliphatic heterocycles. The van der Waals surface area contributed by atoms with Crippen molar-refractivity contribution in [3.8, 4) is 11.5 Å². The van der Waals surface area contributed by atoms with Gasteiger partial charge in [0.15, 0.2) is 0 Å². The van der Waals surface area contributed by atoms with Crippen LogP contribution in [0.3, 0.4) is 0 Å².